The lowest BCUT2D eigenvalue weighted by Crippen LogP contribution is -2.22. The molecule has 0 spiro atoms. The topological polar surface area (TPSA) is 105 Å². The molecular formula is C24H26N6O2. The van der Waals surface area contributed by atoms with Crippen molar-refractivity contribution in [3.63, 3.8) is 0 Å². The van der Waals surface area contributed by atoms with Gasteiger partial charge in [-0.1, -0.05) is 12.1 Å². The number of aromatic nitrogens is 3. The van der Waals surface area contributed by atoms with Gasteiger partial charge in [0.05, 0.1) is 25.6 Å². The number of methoxy groups -OCH3 is 1. The number of ether oxygens (including phenoxy) is 2. The summed E-state index contributed by atoms with van der Waals surface area (Å²) in [6.07, 6.45) is 9.55. The van der Waals surface area contributed by atoms with E-state index in [2.05, 4.69) is 25.6 Å². The highest BCUT2D eigenvalue weighted by Gasteiger charge is 2.14. The van der Waals surface area contributed by atoms with Gasteiger partial charge in [-0.05, 0) is 43.4 Å². The van der Waals surface area contributed by atoms with Crippen LogP contribution in [0.2, 0.25) is 0 Å². The minimum atomic E-state index is 0.269. The molecule has 0 aliphatic carbocycles. The van der Waals surface area contributed by atoms with Crippen LogP contribution in [0.4, 0.5) is 17.3 Å². The number of nitrogens with one attached hydrogen (secondary N) is 2. The summed E-state index contributed by atoms with van der Waals surface area (Å²) in [5.41, 5.74) is 3.27. The summed E-state index contributed by atoms with van der Waals surface area (Å²) >= 11 is 0. The molecule has 1 aliphatic rings. The van der Waals surface area contributed by atoms with Gasteiger partial charge in [-0.25, -0.2) is 15.0 Å². The average molecular weight is 431 g/mol. The number of nitriles is 1. The van der Waals surface area contributed by atoms with Gasteiger partial charge in [0.2, 0.25) is 0 Å². The van der Waals surface area contributed by atoms with Crippen molar-refractivity contribution in [2.24, 2.45) is 0 Å². The lowest BCUT2D eigenvalue weighted by molar-refractivity contribution is 0.0134. The standard InChI is InChI=1S/C24H26N6O2/c1-31-19-7-5-17(6-8-19)21-15-29-23(30-24-16-27-18(13-25)14-28-24)12-22(21)26-10-9-20-4-2-3-11-32-20/h5-8,12,14-16,20H,2-4,9-11H2,1H3,(H2,26,28,29,30). The number of benzene rings is 1. The Morgan fingerprint density at radius 2 is 1.94 bits per heavy atom. The van der Waals surface area contributed by atoms with Crippen LogP contribution in [0.25, 0.3) is 11.1 Å². The van der Waals surface area contributed by atoms with Gasteiger partial charge in [0, 0.05) is 36.7 Å². The van der Waals surface area contributed by atoms with E-state index in [1.54, 1.807) is 7.11 Å². The van der Waals surface area contributed by atoms with Gasteiger partial charge in [0.15, 0.2) is 5.69 Å². The highest BCUT2D eigenvalue weighted by Crippen LogP contribution is 2.31. The molecular weight excluding hydrogens is 404 g/mol. The van der Waals surface area contributed by atoms with Crippen molar-refractivity contribution in [3.8, 4) is 22.9 Å². The van der Waals surface area contributed by atoms with Crippen LogP contribution in [-0.2, 0) is 4.74 Å². The van der Waals surface area contributed by atoms with Gasteiger partial charge in [0.1, 0.15) is 23.5 Å². The van der Waals surface area contributed by atoms with Crippen molar-refractivity contribution in [2.75, 3.05) is 30.9 Å². The molecule has 1 aliphatic heterocycles. The monoisotopic (exact) mass is 430 g/mol. The van der Waals surface area contributed by atoms with Crippen LogP contribution in [0, 0.1) is 11.3 Å². The normalized spacial score (nSPS) is 15.6. The molecule has 1 saturated heterocycles. The largest absolute Gasteiger partial charge is 0.497 e. The molecule has 8 heteroatoms. The Balaban J connectivity index is 1.54. The highest BCUT2D eigenvalue weighted by molar-refractivity contribution is 5.79. The van der Waals surface area contributed by atoms with E-state index < -0.39 is 0 Å². The maximum atomic E-state index is 8.89. The van der Waals surface area contributed by atoms with Crippen LogP contribution in [0.1, 0.15) is 31.4 Å². The van der Waals surface area contributed by atoms with Crippen molar-refractivity contribution < 1.29 is 9.47 Å². The maximum Gasteiger partial charge on any atom is 0.158 e. The fourth-order valence-electron chi connectivity index (χ4n) is 3.66. The zero-order chi connectivity index (χ0) is 22.2. The van der Waals surface area contributed by atoms with Crippen LogP contribution in [0.5, 0.6) is 5.75 Å². The van der Waals surface area contributed by atoms with Gasteiger partial charge in [0.25, 0.3) is 0 Å². The van der Waals surface area contributed by atoms with E-state index in [9.17, 15) is 0 Å². The fraction of sp³-hybridized carbons (Fsp3) is 0.333. The number of pyridine rings is 1. The first kappa shape index (κ1) is 21.5. The number of hydrogen-bond donors (Lipinski definition) is 2. The van der Waals surface area contributed by atoms with Crippen molar-refractivity contribution in [1.82, 2.24) is 15.0 Å². The van der Waals surface area contributed by atoms with E-state index >= 15 is 0 Å². The molecule has 0 radical (unpaired) electrons. The zero-order valence-electron chi connectivity index (χ0n) is 18.0. The molecule has 2 aromatic heterocycles. The second kappa shape index (κ2) is 10.6. The van der Waals surface area contributed by atoms with Crippen LogP contribution < -0.4 is 15.4 Å². The molecule has 32 heavy (non-hydrogen) atoms. The van der Waals surface area contributed by atoms with Crippen molar-refractivity contribution in [3.05, 3.63) is 54.6 Å². The second-order valence-electron chi connectivity index (χ2n) is 7.57. The van der Waals surface area contributed by atoms with Gasteiger partial charge >= 0.3 is 0 Å². The molecule has 0 amide bonds. The number of nitrogens with zero attached hydrogens (tertiary/aromatic N) is 4. The van der Waals surface area contributed by atoms with E-state index in [-0.39, 0.29) is 5.69 Å². The first-order valence-electron chi connectivity index (χ1n) is 10.7. The number of hydrogen-bond acceptors (Lipinski definition) is 8. The summed E-state index contributed by atoms with van der Waals surface area (Å²) in [7, 11) is 1.66. The summed E-state index contributed by atoms with van der Waals surface area (Å²) in [5, 5.41) is 15.6. The number of anilines is 3. The minimum Gasteiger partial charge on any atom is -0.497 e. The fourth-order valence-corrected chi connectivity index (χ4v) is 3.66. The third kappa shape index (κ3) is 5.50. The highest BCUT2D eigenvalue weighted by atomic mass is 16.5. The van der Waals surface area contributed by atoms with Crippen molar-refractivity contribution >= 4 is 17.3 Å². The van der Waals surface area contributed by atoms with E-state index in [1.807, 2.05) is 42.6 Å². The number of rotatable bonds is 8. The Bertz CT molecular complexity index is 1060. The van der Waals surface area contributed by atoms with Crippen LogP contribution >= 0.6 is 0 Å². The van der Waals surface area contributed by atoms with E-state index in [0.29, 0.717) is 17.7 Å². The minimum absolute atomic E-state index is 0.269. The molecule has 1 atom stereocenters. The van der Waals surface area contributed by atoms with Gasteiger partial charge in [-0.15, -0.1) is 0 Å². The lowest BCUT2D eigenvalue weighted by Gasteiger charge is -2.23. The van der Waals surface area contributed by atoms with Gasteiger partial charge in [-0.2, -0.15) is 5.26 Å². The average Bonchev–Trinajstić information content (AvgIpc) is 2.85. The zero-order valence-corrected chi connectivity index (χ0v) is 18.0. The molecule has 3 heterocycles. The van der Waals surface area contributed by atoms with Crippen LogP contribution in [0.3, 0.4) is 0 Å². The maximum absolute atomic E-state index is 8.89. The smallest absolute Gasteiger partial charge is 0.158 e. The summed E-state index contributed by atoms with van der Waals surface area (Å²) < 4.78 is 11.1. The van der Waals surface area contributed by atoms with Crippen molar-refractivity contribution in [1.29, 1.82) is 5.26 Å². The Labute approximate surface area is 187 Å². The molecule has 2 N–H and O–H groups in total. The molecule has 0 saturated carbocycles. The van der Waals surface area contributed by atoms with Crippen LogP contribution in [-0.4, -0.2) is 41.3 Å². The second-order valence-corrected chi connectivity index (χ2v) is 7.57. The molecule has 0 bridgehead atoms. The van der Waals surface area contributed by atoms with E-state index in [1.165, 1.54) is 18.8 Å². The molecule has 4 rings (SSSR count). The van der Waals surface area contributed by atoms with Crippen LogP contribution in [0.15, 0.2) is 48.9 Å². The first-order valence-corrected chi connectivity index (χ1v) is 10.7. The Morgan fingerprint density at radius 1 is 1.09 bits per heavy atom. The summed E-state index contributed by atoms with van der Waals surface area (Å²) in [4.78, 5) is 12.8. The predicted molar refractivity (Wildman–Crippen MR) is 123 cm³/mol. The molecule has 1 unspecified atom stereocenters. The summed E-state index contributed by atoms with van der Waals surface area (Å²) in [5.74, 6) is 1.97. The predicted octanol–water partition coefficient (Wildman–Crippen LogP) is 4.53. The van der Waals surface area contributed by atoms with Gasteiger partial charge < -0.3 is 20.1 Å². The Morgan fingerprint density at radius 3 is 2.62 bits per heavy atom. The Hall–Kier alpha value is -3.70. The molecule has 8 nitrogen and oxygen atoms in total. The quantitative estimate of drug-likeness (QED) is 0.537. The summed E-state index contributed by atoms with van der Waals surface area (Å²) in [6.45, 7) is 1.66. The first-order chi connectivity index (χ1) is 15.7. The molecule has 3 aromatic rings. The lowest BCUT2D eigenvalue weighted by atomic mass is 10.0. The third-order valence-corrected chi connectivity index (χ3v) is 5.38. The van der Waals surface area contributed by atoms with Gasteiger partial charge in [-0.3, -0.25) is 0 Å². The summed E-state index contributed by atoms with van der Waals surface area (Å²) in [6, 6.07) is 11.8. The molecule has 1 aromatic carbocycles. The molecule has 1 fully saturated rings. The third-order valence-electron chi connectivity index (χ3n) is 5.38. The Kier molecular flexibility index (Phi) is 7.10. The molecule has 164 valence electrons. The van der Waals surface area contributed by atoms with E-state index in [4.69, 9.17) is 14.7 Å². The van der Waals surface area contributed by atoms with Crippen molar-refractivity contribution in [2.45, 2.75) is 31.8 Å². The SMILES string of the molecule is COc1ccc(-c2cnc(Nc3cnc(C#N)cn3)cc2NCCC2CCCCO2)cc1. The van der Waals surface area contributed by atoms with E-state index in [0.717, 1.165) is 55.0 Å².